The first-order chi connectivity index (χ1) is 9.63. The minimum Gasteiger partial charge on any atom is -0.507 e. The van der Waals surface area contributed by atoms with Gasteiger partial charge in [0.15, 0.2) is 11.6 Å². The predicted octanol–water partition coefficient (Wildman–Crippen LogP) is 3.31. The number of benzene rings is 1. The number of nitrogens with one attached hydrogen (secondary N) is 1. The Labute approximate surface area is 123 Å². The highest BCUT2D eigenvalue weighted by atomic mass is 79.9. The van der Waals surface area contributed by atoms with Gasteiger partial charge >= 0.3 is 0 Å². The molecular formula is C14H11BrN4O. The summed E-state index contributed by atoms with van der Waals surface area (Å²) in [6.45, 7) is 1.92. The fraction of sp³-hybridized carbons (Fsp3) is 0.0714. The van der Waals surface area contributed by atoms with Gasteiger partial charge in [0, 0.05) is 10.2 Å². The van der Waals surface area contributed by atoms with E-state index in [1.165, 1.54) is 0 Å². The zero-order valence-corrected chi connectivity index (χ0v) is 12.2. The molecule has 0 saturated carbocycles. The Balaban J connectivity index is 2.04. The number of aromatic nitrogens is 4. The van der Waals surface area contributed by atoms with Gasteiger partial charge in [0.2, 0.25) is 0 Å². The van der Waals surface area contributed by atoms with Crippen molar-refractivity contribution < 1.29 is 5.11 Å². The number of hydrogen-bond acceptors (Lipinski definition) is 4. The third-order valence-corrected chi connectivity index (χ3v) is 3.31. The van der Waals surface area contributed by atoms with Crippen LogP contribution in [0.2, 0.25) is 0 Å². The summed E-state index contributed by atoms with van der Waals surface area (Å²) in [5.41, 5.74) is 2.19. The smallest absolute Gasteiger partial charge is 0.185 e. The van der Waals surface area contributed by atoms with Crippen LogP contribution in [0.5, 0.6) is 5.75 Å². The molecule has 20 heavy (non-hydrogen) atoms. The average molecular weight is 331 g/mol. The minimum atomic E-state index is 0.135. The highest BCUT2D eigenvalue weighted by molar-refractivity contribution is 9.10. The molecule has 5 nitrogen and oxygen atoms in total. The molecule has 0 aliphatic carbocycles. The van der Waals surface area contributed by atoms with Crippen LogP contribution in [0, 0.1) is 6.92 Å². The molecule has 2 N–H and O–H groups in total. The Hall–Kier alpha value is -2.21. The van der Waals surface area contributed by atoms with Crippen LogP contribution in [-0.2, 0) is 0 Å². The number of aromatic amines is 1. The van der Waals surface area contributed by atoms with Crippen LogP contribution in [0.25, 0.3) is 22.9 Å². The number of phenols is 1. The molecule has 3 rings (SSSR count). The van der Waals surface area contributed by atoms with Crippen molar-refractivity contribution in [2.75, 3.05) is 0 Å². The fourth-order valence-corrected chi connectivity index (χ4v) is 2.22. The molecule has 0 unspecified atom stereocenters. The van der Waals surface area contributed by atoms with Gasteiger partial charge in [-0.2, -0.15) is 5.10 Å². The number of rotatable bonds is 2. The number of hydrogen-bond donors (Lipinski definition) is 2. The Morgan fingerprint density at radius 3 is 2.80 bits per heavy atom. The summed E-state index contributed by atoms with van der Waals surface area (Å²) in [5.74, 6) is 1.14. The first-order valence-corrected chi connectivity index (χ1v) is 6.78. The van der Waals surface area contributed by atoms with E-state index in [9.17, 15) is 5.11 Å². The summed E-state index contributed by atoms with van der Waals surface area (Å²) in [6.07, 6.45) is 0. The number of phenolic OH excluding ortho intramolecular Hbond substituents is 1. The van der Waals surface area contributed by atoms with Crippen LogP contribution in [0.15, 0.2) is 40.9 Å². The standard InChI is InChI=1S/C14H11BrN4O/c1-8-3-2-4-11(16-8)14-17-13(18-19-14)10-7-9(15)5-6-12(10)20/h2-7,20H,1H3,(H,17,18,19). The molecule has 6 heteroatoms. The van der Waals surface area contributed by atoms with Gasteiger partial charge in [-0.1, -0.05) is 22.0 Å². The predicted molar refractivity (Wildman–Crippen MR) is 79.2 cm³/mol. The zero-order valence-electron chi connectivity index (χ0n) is 10.6. The second kappa shape index (κ2) is 5.05. The third kappa shape index (κ3) is 2.42. The van der Waals surface area contributed by atoms with Crippen LogP contribution in [0.1, 0.15) is 5.69 Å². The number of nitrogens with zero attached hydrogens (tertiary/aromatic N) is 3. The van der Waals surface area contributed by atoms with Crippen LogP contribution in [0.4, 0.5) is 0 Å². The van der Waals surface area contributed by atoms with Gasteiger partial charge in [-0.05, 0) is 37.3 Å². The Kier molecular flexibility index (Phi) is 3.23. The molecule has 0 fully saturated rings. The molecule has 0 atom stereocenters. The Bertz CT molecular complexity index is 769. The zero-order chi connectivity index (χ0) is 14.1. The van der Waals surface area contributed by atoms with Gasteiger partial charge in [0.25, 0.3) is 0 Å². The second-order valence-corrected chi connectivity index (χ2v) is 5.25. The van der Waals surface area contributed by atoms with Crippen molar-refractivity contribution in [3.05, 3.63) is 46.6 Å². The van der Waals surface area contributed by atoms with Crippen molar-refractivity contribution in [3.8, 4) is 28.7 Å². The molecule has 1 aromatic carbocycles. The lowest BCUT2D eigenvalue weighted by atomic mass is 10.2. The summed E-state index contributed by atoms with van der Waals surface area (Å²) < 4.78 is 0.852. The molecule has 2 aromatic heterocycles. The summed E-state index contributed by atoms with van der Waals surface area (Å²) >= 11 is 3.37. The van der Waals surface area contributed by atoms with E-state index in [2.05, 4.69) is 36.1 Å². The highest BCUT2D eigenvalue weighted by Gasteiger charge is 2.12. The van der Waals surface area contributed by atoms with Gasteiger partial charge in [-0.25, -0.2) is 9.97 Å². The van der Waals surface area contributed by atoms with E-state index in [1.807, 2.05) is 25.1 Å². The molecule has 0 bridgehead atoms. The number of H-pyrrole nitrogens is 1. The van der Waals surface area contributed by atoms with Crippen LogP contribution >= 0.6 is 15.9 Å². The quantitative estimate of drug-likeness (QED) is 0.755. The van der Waals surface area contributed by atoms with Crippen molar-refractivity contribution in [2.24, 2.45) is 0 Å². The molecule has 100 valence electrons. The van der Waals surface area contributed by atoms with E-state index >= 15 is 0 Å². The van der Waals surface area contributed by atoms with E-state index in [4.69, 9.17) is 0 Å². The second-order valence-electron chi connectivity index (χ2n) is 4.33. The Morgan fingerprint density at radius 1 is 1.15 bits per heavy atom. The average Bonchev–Trinajstić information content (AvgIpc) is 2.91. The van der Waals surface area contributed by atoms with E-state index in [0.717, 1.165) is 15.9 Å². The van der Waals surface area contributed by atoms with Gasteiger partial charge in [-0.3, -0.25) is 5.10 Å². The van der Waals surface area contributed by atoms with E-state index < -0.39 is 0 Å². The summed E-state index contributed by atoms with van der Waals surface area (Å²) in [5, 5.41) is 16.9. The van der Waals surface area contributed by atoms with E-state index in [0.29, 0.717) is 17.2 Å². The first kappa shape index (κ1) is 12.8. The third-order valence-electron chi connectivity index (χ3n) is 2.82. The van der Waals surface area contributed by atoms with Gasteiger partial charge in [0.1, 0.15) is 11.4 Å². The fourth-order valence-electron chi connectivity index (χ4n) is 1.86. The minimum absolute atomic E-state index is 0.135. The maximum atomic E-state index is 9.88. The lowest BCUT2D eigenvalue weighted by Gasteiger charge is -2.00. The van der Waals surface area contributed by atoms with Crippen molar-refractivity contribution in [2.45, 2.75) is 6.92 Å². The number of pyridine rings is 1. The first-order valence-electron chi connectivity index (χ1n) is 5.99. The lowest BCUT2D eigenvalue weighted by molar-refractivity contribution is 0.477. The largest absolute Gasteiger partial charge is 0.507 e. The van der Waals surface area contributed by atoms with Gasteiger partial charge in [-0.15, -0.1) is 0 Å². The summed E-state index contributed by atoms with van der Waals surface area (Å²) in [4.78, 5) is 8.77. The van der Waals surface area contributed by atoms with Crippen molar-refractivity contribution >= 4 is 15.9 Å². The number of halogens is 1. The normalized spacial score (nSPS) is 10.7. The molecule has 0 spiro atoms. The molecular weight excluding hydrogens is 320 g/mol. The van der Waals surface area contributed by atoms with E-state index in [-0.39, 0.29) is 5.75 Å². The topological polar surface area (TPSA) is 74.7 Å². The number of aromatic hydroxyl groups is 1. The van der Waals surface area contributed by atoms with E-state index in [1.54, 1.807) is 18.2 Å². The number of aryl methyl sites for hydroxylation is 1. The SMILES string of the molecule is Cc1cccc(-c2nc(-c3cc(Br)ccc3O)n[nH]2)n1. The van der Waals surface area contributed by atoms with Crippen molar-refractivity contribution in [3.63, 3.8) is 0 Å². The van der Waals surface area contributed by atoms with Gasteiger partial charge in [0.05, 0.1) is 5.56 Å². The maximum Gasteiger partial charge on any atom is 0.185 e. The summed E-state index contributed by atoms with van der Waals surface area (Å²) in [7, 11) is 0. The monoisotopic (exact) mass is 330 g/mol. The van der Waals surface area contributed by atoms with Crippen molar-refractivity contribution in [1.29, 1.82) is 0 Å². The Morgan fingerprint density at radius 2 is 2.00 bits per heavy atom. The molecule has 0 saturated heterocycles. The summed E-state index contributed by atoms with van der Waals surface area (Å²) in [6, 6.07) is 10.8. The van der Waals surface area contributed by atoms with Crippen LogP contribution < -0.4 is 0 Å². The maximum absolute atomic E-state index is 9.88. The molecule has 0 amide bonds. The van der Waals surface area contributed by atoms with Crippen LogP contribution in [-0.4, -0.2) is 25.3 Å². The van der Waals surface area contributed by atoms with Crippen molar-refractivity contribution in [1.82, 2.24) is 20.2 Å². The molecule has 0 aliphatic heterocycles. The lowest BCUT2D eigenvalue weighted by Crippen LogP contribution is -1.88. The van der Waals surface area contributed by atoms with Gasteiger partial charge < -0.3 is 5.11 Å². The van der Waals surface area contributed by atoms with Crippen LogP contribution in [0.3, 0.4) is 0 Å². The molecule has 0 aliphatic rings. The highest BCUT2D eigenvalue weighted by Crippen LogP contribution is 2.30. The molecule has 3 aromatic rings. The molecule has 0 radical (unpaired) electrons. The molecule has 2 heterocycles.